The topological polar surface area (TPSA) is 32.3 Å². The Morgan fingerprint density at radius 3 is 2.67 bits per heavy atom. The van der Waals surface area contributed by atoms with Crippen molar-refractivity contribution in [3.8, 4) is 0 Å². The van der Waals surface area contributed by atoms with Gasteiger partial charge in [0.1, 0.15) is 0 Å². The molecule has 0 atom stereocenters. The number of amides is 1. The Kier molecular flexibility index (Phi) is 5.09. The smallest absolute Gasteiger partial charge is 0.236 e. The van der Waals surface area contributed by atoms with Gasteiger partial charge in [0.2, 0.25) is 5.91 Å². The van der Waals surface area contributed by atoms with Gasteiger partial charge < -0.3 is 10.2 Å². The van der Waals surface area contributed by atoms with E-state index in [4.69, 9.17) is 0 Å². The fourth-order valence-electron chi connectivity index (χ4n) is 1.62. The van der Waals surface area contributed by atoms with Crippen molar-refractivity contribution in [3.05, 3.63) is 0 Å². The molecule has 1 rings (SSSR count). The van der Waals surface area contributed by atoms with Crippen LogP contribution in [-0.4, -0.2) is 37.0 Å². The number of likely N-dealkylation sites (N-methyl/N-ethyl adjacent to an activating group) is 1. The van der Waals surface area contributed by atoms with Gasteiger partial charge in [0.05, 0.1) is 6.54 Å². The fraction of sp³-hybridized carbons (Fsp3) is 0.917. The molecule has 0 unspecified atom stereocenters. The van der Waals surface area contributed by atoms with E-state index in [-0.39, 0.29) is 5.91 Å². The molecule has 1 aliphatic rings. The zero-order chi connectivity index (χ0) is 11.3. The number of nitrogens with zero attached hydrogens (tertiary/aromatic N) is 1. The summed E-state index contributed by atoms with van der Waals surface area (Å²) in [5.41, 5.74) is 0. The minimum absolute atomic E-state index is 0.238. The molecule has 15 heavy (non-hydrogen) atoms. The number of hydrogen-bond acceptors (Lipinski definition) is 2. The molecule has 0 radical (unpaired) electrons. The van der Waals surface area contributed by atoms with E-state index in [1.54, 1.807) is 0 Å². The molecular formula is C12H24N2O. The molecule has 0 bridgehead atoms. The third-order valence-corrected chi connectivity index (χ3v) is 2.90. The van der Waals surface area contributed by atoms with Gasteiger partial charge in [0.15, 0.2) is 0 Å². The number of carbonyl (C=O) groups excluding carboxylic acids is 1. The highest BCUT2D eigenvalue weighted by atomic mass is 16.2. The van der Waals surface area contributed by atoms with Crippen molar-refractivity contribution in [2.45, 2.75) is 45.6 Å². The van der Waals surface area contributed by atoms with Gasteiger partial charge in [-0.2, -0.15) is 0 Å². The molecule has 0 aromatic carbocycles. The monoisotopic (exact) mass is 212 g/mol. The van der Waals surface area contributed by atoms with Crippen LogP contribution < -0.4 is 5.32 Å². The van der Waals surface area contributed by atoms with Crippen molar-refractivity contribution >= 4 is 5.91 Å². The van der Waals surface area contributed by atoms with E-state index < -0.39 is 0 Å². The first-order valence-corrected chi connectivity index (χ1v) is 6.07. The van der Waals surface area contributed by atoms with Crippen LogP contribution in [-0.2, 0) is 4.79 Å². The lowest BCUT2D eigenvalue weighted by Crippen LogP contribution is -2.37. The molecule has 0 saturated heterocycles. The molecule has 1 saturated carbocycles. The molecule has 0 aromatic heterocycles. The van der Waals surface area contributed by atoms with Crippen LogP contribution in [0.15, 0.2) is 0 Å². The van der Waals surface area contributed by atoms with E-state index in [0.717, 1.165) is 18.9 Å². The fourth-order valence-corrected chi connectivity index (χ4v) is 1.62. The van der Waals surface area contributed by atoms with Crippen LogP contribution in [0.5, 0.6) is 0 Å². The normalized spacial score (nSPS) is 15.7. The van der Waals surface area contributed by atoms with Crippen LogP contribution in [0.4, 0.5) is 0 Å². The molecular weight excluding hydrogens is 188 g/mol. The summed E-state index contributed by atoms with van der Waals surface area (Å²) in [6.45, 7) is 5.92. The summed E-state index contributed by atoms with van der Waals surface area (Å²) < 4.78 is 0. The second-order valence-corrected chi connectivity index (χ2v) is 4.95. The van der Waals surface area contributed by atoms with Crippen molar-refractivity contribution in [1.29, 1.82) is 0 Å². The number of hydrogen-bond donors (Lipinski definition) is 1. The Balaban J connectivity index is 1.96. The Morgan fingerprint density at radius 1 is 1.47 bits per heavy atom. The number of nitrogens with one attached hydrogen (secondary N) is 1. The van der Waals surface area contributed by atoms with Crippen molar-refractivity contribution < 1.29 is 4.79 Å². The summed E-state index contributed by atoms with van der Waals surface area (Å²) in [7, 11) is 1.91. The van der Waals surface area contributed by atoms with Crippen LogP contribution in [0.25, 0.3) is 0 Å². The highest BCUT2D eigenvalue weighted by molar-refractivity contribution is 5.78. The van der Waals surface area contributed by atoms with Gasteiger partial charge in [-0.25, -0.2) is 0 Å². The van der Waals surface area contributed by atoms with E-state index in [0.29, 0.717) is 12.6 Å². The summed E-state index contributed by atoms with van der Waals surface area (Å²) in [5.74, 6) is 0.999. The SMILES string of the molecule is CC(C)CCCNCC(=O)N(C)C1CC1. The molecule has 0 aromatic rings. The Bertz CT molecular complexity index is 200. The Labute approximate surface area is 93.2 Å². The van der Waals surface area contributed by atoms with Crippen molar-refractivity contribution in [2.75, 3.05) is 20.1 Å². The lowest BCUT2D eigenvalue weighted by Gasteiger charge is -2.16. The predicted octanol–water partition coefficient (Wildman–Crippen LogP) is 1.63. The molecule has 1 fully saturated rings. The first kappa shape index (κ1) is 12.5. The van der Waals surface area contributed by atoms with Crippen molar-refractivity contribution in [3.63, 3.8) is 0 Å². The highest BCUT2D eigenvalue weighted by Crippen LogP contribution is 2.24. The van der Waals surface area contributed by atoms with Gasteiger partial charge in [-0.05, 0) is 38.1 Å². The van der Waals surface area contributed by atoms with Gasteiger partial charge in [0.25, 0.3) is 0 Å². The zero-order valence-corrected chi connectivity index (χ0v) is 10.3. The van der Waals surface area contributed by atoms with Gasteiger partial charge >= 0.3 is 0 Å². The summed E-state index contributed by atoms with van der Waals surface area (Å²) in [6, 6.07) is 0.537. The summed E-state index contributed by atoms with van der Waals surface area (Å²) in [4.78, 5) is 13.5. The van der Waals surface area contributed by atoms with Crippen LogP contribution in [0.3, 0.4) is 0 Å². The van der Waals surface area contributed by atoms with Gasteiger partial charge in [0, 0.05) is 13.1 Å². The lowest BCUT2D eigenvalue weighted by molar-refractivity contribution is -0.129. The highest BCUT2D eigenvalue weighted by Gasteiger charge is 2.28. The first-order chi connectivity index (χ1) is 7.11. The standard InChI is InChI=1S/C12H24N2O/c1-10(2)5-4-8-13-9-12(15)14(3)11-6-7-11/h10-11,13H,4-9H2,1-3H3. The van der Waals surface area contributed by atoms with Gasteiger partial charge in [-0.3, -0.25) is 4.79 Å². The largest absolute Gasteiger partial charge is 0.342 e. The third kappa shape index (κ3) is 5.17. The third-order valence-electron chi connectivity index (χ3n) is 2.90. The number of rotatable bonds is 7. The molecule has 0 aliphatic heterocycles. The maximum absolute atomic E-state index is 11.6. The van der Waals surface area contributed by atoms with Crippen LogP contribution >= 0.6 is 0 Å². The van der Waals surface area contributed by atoms with E-state index in [2.05, 4.69) is 19.2 Å². The number of carbonyl (C=O) groups is 1. The zero-order valence-electron chi connectivity index (χ0n) is 10.3. The summed E-state index contributed by atoms with van der Waals surface area (Å²) in [6.07, 6.45) is 4.78. The van der Waals surface area contributed by atoms with Crippen LogP contribution in [0.1, 0.15) is 39.5 Å². The molecule has 1 aliphatic carbocycles. The second-order valence-electron chi connectivity index (χ2n) is 4.95. The molecule has 0 heterocycles. The van der Waals surface area contributed by atoms with E-state index >= 15 is 0 Å². The minimum atomic E-state index is 0.238. The molecule has 3 heteroatoms. The quantitative estimate of drug-likeness (QED) is 0.651. The maximum atomic E-state index is 11.6. The maximum Gasteiger partial charge on any atom is 0.236 e. The minimum Gasteiger partial charge on any atom is -0.342 e. The van der Waals surface area contributed by atoms with Crippen molar-refractivity contribution in [1.82, 2.24) is 10.2 Å². The Morgan fingerprint density at radius 2 is 2.13 bits per heavy atom. The second kappa shape index (κ2) is 6.11. The molecule has 1 N–H and O–H groups in total. The molecule has 0 spiro atoms. The van der Waals surface area contributed by atoms with E-state index in [1.165, 1.54) is 19.3 Å². The molecule has 1 amide bonds. The van der Waals surface area contributed by atoms with Crippen LogP contribution in [0, 0.1) is 5.92 Å². The predicted molar refractivity (Wildman–Crippen MR) is 62.7 cm³/mol. The Hall–Kier alpha value is -0.570. The average molecular weight is 212 g/mol. The summed E-state index contributed by atoms with van der Waals surface area (Å²) in [5, 5.41) is 3.21. The molecule has 3 nitrogen and oxygen atoms in total. The lowest BCUT2D eigenvalue weighted by atomic mass is 10.1. The van der Waals surface area contributed by atoms with Gasteiger partial charge in [-0.15, -0.1) is 0 Å². The van der Waals surface area contributed by atoms with Crippen LogP contribution in [0.2, 0.25) is 0 Å². The van der Waals surface area contributed by atoms with Crippen molar-refractivity contribution in [2.24, 2.45) is 5.92 Å². The van der Waals surface area contributed by atoms with E-state index in [9.17, 15) is 4.79 Å². The average Bonchev–Trinajstić information content (AvgIpc) is 2.98. The molecule has 88 valence electrons. The van der Waals surface area contributed by atoms with Gasteiger partial charge in [-0.1, -0.05) is 13.8 Å². The first-order valence-electron chi connectivity index (χ1n) is 6.07. The van der Waals surface area contributed by atoms with E-state index in [1.807, 2.05) is 11.9 Å². The summed E-state index contributed by atoms with van der Waals surface area (Å²) >= 11 is 0.